The Morgan fingerprint density at radius 1 is 1.17 bits per heavy atom. The van der Waals surface area contributed by atoms with Gasteiger partial charge in [-0.2, -0.15) is 18.3 Å². The Labute approximate surface area is 138 Å². The van der Waals surface area contributed by atoms with Crippen molar-refractivity contribution in [2.75, 3.05) is 0 Å². The molecule has 5 nitrogen and oxygen atoms in total. The van der Waals surface area contributed by atoms with E-state index in [1.54, 1.807) is 16.9 Å². The van der Waals surface area contributed by atoms with Gasteiger partial charge in [0.05, 0.1) is 11.3 Å². The molecule has 2 N–H and O–H groups in total. The van der Waals surface area contributed by atoms with Crippen LogP contribution in [0.15, 0.2) is 46.9 Å². The average Bonchev–Trinajstić information content (AvgIpc) is 3.05. The molecular formula is C15H11F3N2O3S. The Bertz CT molecular complexity index is 753. The topological polar surface area (TPSA) is 78.8 Å². The summed E-state index contributed by atoms with van der Waals surface area (Å²) in [6.45, 7) is 0. The van der Waals surface area contributed by atoms with Crippen molar-refractivity contribution >= 4 is 28.7 Å². The molecule has 2 rings (SSSR count). The van der Waals surface area contributed by atoms with Crippen LogP contribution in [-0.2, 0) is 0 Å². The Hall–Kier alpha value is -2.68. The van der Waals surface area contributed by atoms with E-state index in [1.807, 2.05) is 0 Å². The summed E-state index contributed by atoms with van der Waals surface area (Å²) >= 11 is 1.02. The maximum absolute atomic E-state index is 13.0. The Morgan fingerprint density at radius 3 is 2.38 bits per heavy atom. The number of hydrogen-bond acceptors (Lipinski definition) is 5. The molecule has 0 bridgehead atoms. The molecule has 1 heterocycles. The fourth-order valence-electron chi connectivity index (χ4n) is 1.68. The van der Waals surface area contributed by atoms with Gasteiger partial charge in [0.1, 0.15) is 11.5 Å². The molecule has 0 unspecified atom stereocenters. The average molecular weight is 356 g/mol. The van der Waals surface area contributed by atoms with Crippen molar-refractivity contribution in [2.45, 2.75) is 12.6 Å². The highest BCUT2D eigenvalue weighted by Crippen LogP contribution is 2.22. The third-order valence-electron chi connectivity index (χ3n) is 2.87. The number of phenols is 1. The van der Waals surface area contributed by atoms with Gasteiger partial charge >= 0.3 is 6.18 Å². The van der Waals surface area contributed by atoms with Crippen LogP contribution in [-0.4, -0.2) is 28.7 Å². The SMILES string of the molecule is O=C(N/N=C(\CC(=O)c1cccs1)C(F)(F)F)c1ccc(O)cc1. The van der Waals surface area contributed by atoms with Crippen molar-refractivity contribution < 1.29 is 27.9 Å². The number of amides is 1. The lowest BCUT2D eigenvalue weighted by Crippen LogP contribution is -2.30. The van der Waals surface area contributed by atoms with E-state index in [1.165, 1.54) is 30.3 Å². The first-order valence-electron chi connectivity index (χ1n) is 6.57. The molecule has 0 spiro atoms. The molecule has 1 aromatic heterocycles. The van der Waals surface area contributed by atoms with Gasteiger partial charge in [-0.05, 0) is 35.7 Å². The van der Waals surface area contributed by atoms with Crippen LogP contribution >= 0.6 is 11.3 Å². The fraction of sp³-hybridized carbons (Fsp3) is 0.133. The Balaban J connectivity index is 2.12. The molecule has 0 fully saturated rings. The summed E-state index contributed by atoms with van der Waals surface area (Å²) < 4.78 is 38.9. The number of carbonyl (C=O) groups excluding carboxylic acids is 2. The van der Waals surface area contributed by atoms with E-state index < -0.39 is 30.0 Å². The molecule has 0 saturated heterocycles. The predicted octanol–water partition coefficient (Wildman–Crippen LogP) is 3.37. The molecule has 0 aliphatic carbocycles. The van der Waals surface area contributed by atoms with Gasteiger partial charge in [0.15, 0.2) is 5.78 Å². The molecule has 0 atom stereocenters. The normalized spacial score (nSPS) is 12.0. The summed E-state index contributed by atoms with van der Waals surface area (Å²) in [7, 11) is 0. The highest BCUT2D eigenvalue weighted by molar-refractivity contribution is 7.12. The number of halogens is 3. The van der Waals surface area contributed by atoms with E-state index >= 15 is 0 Å². The number of hydrogen-bond donors (Lipinski definition) is 2. The van der Waals surface area contributed by atoms with Crippen molar-refractivity contribution in [3.8, 4) is 5.75 Å². The molecule has 0 aliphatic heterocycles. The number of carbonyl (C=O) groups is 2. The predicted molar refractivity (Wildman–Crippen MR) is 82.3 cm³/mol. The highest BCUT2D eigenvalue weighted by Gasteiger charge is 2.37. The van der Waals surface area contributed by atoms with Gasteiger partial charge in [0.25, 0.3) is 5.91 Å². The van der Waals surface area contributed by atoms with Crippen molar-refractivity contribution in [1.29, 1.82) is 0 Å². The Morgan fingerprint density at radius 2 is 1.83 bits per heavy atom. The molecule has 2 aromatic rings. The van der Waals surface area contributed by atoms with E-state index in [-0.39, 0.29) is 16.2 Å². The van der Waals surface area contributed by atoms with Crippen molar-refractivity contribution in [1.82, 2.24) is 5.43 Å². The van der Waals surface area contributed by atoms with Crippen molar-refractivity contribution in [2.24, 2.45) is 5.10 Å². The molecular weight excluding hydrogens is 345 g/mol. The first kappa shape index (κ1) is 17.7. The summed E-state index contributed by atoms with van der Waals surface area (Å²) in [5.41, 5.74) is 0.395. The van der Waals surface area contributed by atoms with Gasteiger partial charge in [-0.3, -0.25) is 9.59 Å². The zero-order chi connectivity index (χ0) is 17.7. The first-order chi connectivity index (χ1) is 11.3. The van der Waals surface area contributed by atoms with Gasteiger partial charge in [-0.15, -0.1) is 11.3 Å². The largest absolute Gasteiger partial charge is 0.508 e. The minimum absolute atomic E-state index is 0.0163. The molecule has 0 aliphatic rings. The molecule has 9 heteroatoms. The fourth-order valence-corrected chi connectivity index (χ4v) is 2.34. The van der Waals surface area contributed by atoms with Crippen LogP contribution in [0.2, 0.25) is 0 Å². The number of Topliss-reactive ketones (excluding diaryl/α,β-unsaturated/α-hetero) is 1. The lowest BCUT2D eigenvalue weighted by Gasteiger charge is -2.10. The minimum Gasteiger partial charge on any atom is -0.508 e. The van der Waals surface area contributed by atoms with E-state index in [0.29, 0.717) is 0 Å². The van der Waals surface area contributed by atoms with E-state index in [2.05, 4.69) is 5.10 Å². The number of benzene rings is 1. The number of thiophene rings is 1. The van der Waals surface area contributed by atoms with Crippen LogP contribution in [0.1, 0.15) is 26.5 Å². The lowest BCUT2D eigenvalue weighted by atomic mass is 10.1. The summed E-state index contributed by atoms with van der Waals surface area (Å²) in [5, 5.41) is 13.7. The standard InChI is InChI=1S/C15H11F3N2O3S/c16-15(17,18)13(8-11(22)12-2-1-7-24-12)19-20-14(23)9-3-5-10(21)6-4-9/h1-7,21H,8H2,(H,20,23)/b19-13+. The van der Waals surface area contributed by atoms with Gasteiger partial charge in [-0.25, -0.2) is 5.43 Å². The van der Waals surface area contributed by atoms with Gasteiger partial charge in [-0.1, -0.05) is 6.07 Å². The number of hydrazone groups is 1. The van der Waals surface area contributed by atoms with E-state index in [4.69, 9.17) is 5.11 Å². The zero-order valence-corrected chi connectivity index (χ0v) is 12.8. The maximum Gasteiger partial charge on any atom is 0.431 e. The number of nitrogens with zero attached hydrogens (tertiary/aromatic N) is 1. The Kier molecular flexibility index (Phi) is 5.35. The smallest absolute Gasteiger partial charge is 0.431 e. The molecule has 24 heavy (non-hydrogen) atoms. The number of rotatable bonds is 5. The monoisotopic (exact) mass is 356 g/mol. The lowest BCUT2D eigenvalue weighted by molar-refractivity contribution is -0.0605. The summed E-state index contributed by atoms with van der Waals surface area (Å²) in [5.74, 6) is -1.71. The molecule has 0 radical (unpaired) electrons. The second-order valence-corrected chi connectivity index (χ2v) is 5.57. The minimum atomic E-state index is -4.85. The first-order valence-corrected chi connectivity index (χ1v) is 7.45. The van der Waals surface area contributed by atoms with Crippen LogP contribution in [0.5, 0.6) is 5.75 Å². The van der Waals surface area contributed by atoms with Crippen LogP contribution in [0.3, 0.4) is 0 Å². The number of nitrogens with one attached hydrogen (secondary N) is 1. The van der Waals surface area contributed by atoms with Crippen molar-refractivity contribution in [3.63, 3.8) is 0 Å². The molecule has 1 amide bonds. The second kappa shape index (κ2) is 7.26. The van der Waals surface area contributed by atoms with Crippen LogP contribution in [0, 0.1) is 0 Å². The van der Waals surface area contributed by atoms with Crippen LogP contribution in [0.4, 0.5) is 13.2 Å². The van der Waals surface area contributed by atoms with Crippen molar-refractivity contribution in [3.05, 3.63) is 52.2 Å². The molecule has 126 valence electrons. The maximum atomic E-state index is 13.0. The molecule has 0 saturated carbocycles. The van der Waals surface area contributed by atoms with Crippen LogP contribution < -0.4 is 5.43 Å². The summed E-state index contributed by atoms with van der Waals surface area (Å²) in [4.78, 5) is 23.7. The zero-order valence-electron chi connectivity index (χ0n) is 12.0. The summed E-state index contributed by atoms with van der Waals surface area (Å²) in [6, 6.07) is 7.84. The second-order valence-electron chi connectivity index (χ2n) is 4.62. The van der Waals surface area contributed by atoms with Gasteiger partial charge in [0, 0.05) is 5.56 Å². The number of aromatic hydroxyl groups is 1. The van der Waals surface area contributed by atoms with Gasteiger partial charge in [0.2, 0.25) is 0 Å². The van der Waals surface area contributed by atoms with E-state index in [9.17, 15) is 22.8 Å². The number of phenolic OH excluding ortho intramolecular Hbond substituents is 1. The third kappa shape index (κ3) is 4.66. The van der Waals surface area contributed by atoms with E-state index in [0.717, 1.165) is 11.3 Å². The highest BCUT2D eigenvalue weighted by atomic mass is 32.1. The summed E-state index contributed by atoms with van der Waals surface area (Å²) in [6.07, 6.45) is -5.82. The third-order valence-corrected chi connectivity index (χ3v) is 3.78. The number of alkyl halides is 3. The van der Waals surface area contributed by atoms with Crippen LogP contribution in [0.25, 0.3) is 0 Å². The quantitative estimate of drug-likeness (QED) is 0.490. The molecule has 1 aromatic carbocycles. The number of ketones is 1. The van der Waals surface area contributed by atoms with Gasteiger partial charge < -0.3 is 5.11 Å².